The number of rotatable bonds is 4. The molecule has 0 spiro atoms. The maximum atomic E-state index is 12.1. The lowest BCUT2D eigenvalue weighted by Gasteiger charge is -2.14. The number of nitrogens with zero attached hydrogens (tertiary/aromatic N) is 3. The summed E-state index contributed by atoms with van der Waals surface area (Å²) >= 11 is 5.74. The number of hydrogen-bond donors (Lipinski definition) is 0. The van der Waals surface area contributed by atoms with Crippen LogP contribution in [0, 0.1) is 0 Å². The number of carbonyl (C=O) groups is 1. The topological polar surface area (TPSA) is 68.5 Å². The molecule has 0 radical (unpaired) electrons. The van der Waals surface area contributed by atoms with Gasteiger partial charge in [-0.2, -0.15) is 4.98 Å². The third kappa shape index (κ3) is 3.03. The normalized spacial score (nSPS) is 10.3. The molecule has 2 heterocycles. The van der Waals surface area contributed by atoms with Gasteiger partial charge in [0.2, 0.25) is 0 Å². The van der Waals surface area contributed by atoms with Gasteiger partial charge in [-0.05, 0) is 19.1 Å². The fourth-order valence-electron chi connectivity index (χ4n) is 1.39. The van der Waals surface area contributed by atoms with Crippen molar-refractivity contribution < 1.29 is 13.9 Å². The summed E-state index contributed by atoms with van der Waals surface area (Å²) in [6.45, 7) is 2.22. The van der Waals surface area contributed by atoms with Crippen LogP contribution in [0.2, 0.25) is 5.02 Å². The van der Waals surface area contributed by atoms with Crippen molar-refractivity contribution in [2.45, 2.75) is 6.92 Å². The van der Waals surface area contributed by atoms with Gasteiger partial charge in [-0.1, -0.05) is 11.6 Å². The molecule has 2 rings (SSSR count). The molecule has 0 aliphatic rings. The van der Waals surface area contributed by atoms with Crippen LogP contribution in [0.3, 0.4) is 0 Å². The molecule has 0 unspecified atom stereocenters. The largest absolute Gasteiger partial charge is 0.450 e. The van der Waals surface area contributed by atoms with Crippen molar-refractivity contribution in [3.05, 3.63) is 35.3 Å². The van der Waals surface area contributed by atoms with Crippen LogP contribution in [-0.4, -0.2) is 29.5 Å². The van der Waals surface area contributed by atoms with E-state index < -0.39 is 0 Å². The van der Waals surface area contributed by atoms with Crippen LogP contribution in [0.5, 0.6) is 6.08 Å². The van der Waals surface area contributed by atoms with Crippen molar-refractivity contribution in [2.24, 2.45) is 0 Å². The van der Waals surface area contributed by atoms with E-state index >= 15 is 0 Å². The van der Waals surface area contributed by atoms with Crippen molar-refractivity contribution in [2.75, 3.05) is 18.6 Å². The van der Waals surface area contributed by atoms with Crippen molar-refractivity contribution in [1.82, 2.24) is 9.97 Å². The van der Waals surface area contributed by atoms with Crippen molar-refractivity contribution >= 4 is 23.3 Å². The average molecular weight is 282 g/mol. The summed E-state index contributed by atoms with van der Waals surface area (Å²) in [7, 11) is 1.59. The van der Waals surface area contributed by atoms with Gasteiger partial charge in [0, 0.05) is 13.2 Å². The third-order valence-corrected chi connectivity index (χ3v) is 2.55. The van der Waals surface area contributed by atoms with E-state index in [1.54, 1.807) is 26.1 Å². The van der Waals surface area contributed by atoms with Gasteiger partial charge in [-0.25, -0.2) is 4.98 Å². The summed E-state index contributed by atoms with van der Waals surface area (Å²) in [5.41, 5.74) is 0.155. The summed E-state index contributed by atoms with van der Waals surface area (Å²) in [6.07, 6.45) is 2.79. The molecule has 2 aromatic heterocycles. The van der Waals surface area contributed by atoms with Crippen LogP contribution >= 0.6 is 11.6 Å². The fourth-order valence-corrected chi connectivity index (χ4v) is 1.50. The molecule has 0 aliphatic heterocycles. The first kappa shape index (κ1) is 13.4. The van der Waals surface area contributed by atoms with Crippen LogP contribution in [0.4, 0.5) is 5.82 Å². The smallest absolute Gasteiger partial charge is 0.394 e. The van der Waals surface area contributed by atoms with Gasteiger partial charge in [0.1, 0.15) is 12.1 Å². The summed E-state index contributed by atoms with van der Waals surface area (Å²) in [5, 5.41) is 0.504. The van der Waals surface area contributed by atoms with E-state index in [4.69, 9.17) is 20.8 Å². The predicted molar refractivity (Wildman–Crippen MR) is 69.7 cm³/mol. The van der Waals surface area contributed by atoms with Gasteiger partial charge in [0.25, 0.3) is 5.91 Å². The zero-order valence-corrected chi connectivity index (χ0v) is 11.2. The molecule has 0 atom stereocenters. The van der Waals surface area contributed by atoms with Gasteiger partial charge in [0.15, 0.2) is 5.69 Å². The van der Waals surface area contributed by atoms with Crippen LogP contribution in [0.1, 0.15) is 17.4 Å². The number of halogens is 1. The van der Waals surface area contributed by atoms with Gasteiger partial charge in [0.05, 0.1) is 11.6 Å². The summed E-state index contributed by atoms with van der Waals surface area (Å²) in [6, 6.07) is 3.30. The Hall–Kier alpha value is -2.08. The highest BCUT2D eigenvalue weighted by atomic mass is 35.5. The number of hydrogen-bond acceptors (Lipinski definition) is 5. The Balaban J connectivity index is 2.15. The second-order valence-electron chi connectivity index (χ2n) is 3.63. The predicted octanol–water partition coefficient (Wildman–Crippen LogP) is 2.40. The van der Waals surface area contributed by atoms with E-state index in [2.05, 4.69) is 9.97 Å². The highest BCUT2D eigenvalue weighted by Crippen LogP contribution is 2.17. The Morgan fingerprint density at radius 2 is 2.32 bits per heavy atom. The SMILES string of the molecule is CCOc1nc(C(=O)N(C)c2ccc(Cl)cn2)co1. The van der Waals surface area contributed by atoms with E-state index in [9.17, 15) is 4.79 Å². The Bertz CT molecular complexity index is 568. The van der Waals surface area contributed by atoms with Crippen LogP contribution in [0.15, 0.2) is 29.0 Å². The van der Waals surface area contributed by atoms with E-state index in [1.165, 1.54) is 17.4 Å². The van der Waals surface area contributed by atoms with Crippen LogP contribution in [0.25, 0.3) is 0 Å². The molecule has 0 fully saturated rings. The van der Waals surface area contributed by atoms with Gasteiger partial charge in [-0.15, -0.1) is 0 Å². The fraction of sp³-hybridized carbons (Fsp3) is 0.250. The molecule has 2 aromatic rings. The maximum Gasteiger partial charge on any atom is 0.394 e. The Labute approximate surface area is 115 Å². The molecule has 7 heteroatoms. The van der Waals surface area contributed by atoms with Gasteiger partial charge in [-0.3, -0.25) is 9.69 Å². The van der Waals surface area contributed by atoms with E-state index in [-0.39, 0.29) is 17.7 Å². The van der Waals surface area contributed by atoms with Gasteiger partial charge < -0.3 is 9.15 Å². The Kier molecular flexibility index (Phi) is 4.01. The minimum atomic E-state index is -0.343. The van der Waals surface area contributed by atoms with Crippen LogP contribution < -0.4 is 9.64 Å². The standard InChI is InChI=1S/C12H12ClN3O3/c1-3-18-12-15-9(7-19-12)11(17)16(2)10-5-4-8(13)6-14-10/h4-7H,3H2,1-2H3. The molecule has 1 amide bonds. The lowest BCUT2D eigenvalue weighted by atomic mass is 10.4. The molecule has 19 heavy (non-hydrogen) atoms. The quantitative estimate of drug-likeness (QED) is 0.861. The van der Waals surface area contributed by atoms with Gasteiger partial charge >= 0.3 is 6.08 Å². The van der Waals surface area contributed by atoms with E-state index in [0.29, 0.717) is 17.4 Å². The molecule has 100 valence electrons. The van der Waals surface area contributed by atoms with Crippen molar-refractivity contribution in [1.29, 1.82) is 0 Å². The highest BCUT2D eigenvalue weighted by Gasteiger charge is 2.19. The van der Waals surface area contributed by atoms with Crippen LogP contribution in [-0.2, 0) is 0 Å². The maximum absolute atomic E-state index is 12.1. The Morgan fingerprint density at radius 1 is 1.53 bits per heavy atom. The third-order valence-electron chi connectivity index (χ3n) is 2.33. The summed E-state index contributed by atoms with van der Waals surface area (Å²) < 4.78 is 10.1. The van der Waals surface area contributed by atoms with Crippen molar-refractivity contribution in [3.63, 3.8) is 0 Å². The molecule has 0 N–H and O–H groups in total. The molecule has 0 bridgehead atoms. The molecule has 6 nitrogen and oxygen atoms in total. The second-order valence-corrected chi connectivity index (χ2v) is 4.07. The number of aromatic nitrogens is 2. The van der Waals surface area contributed by atoms with E-state index in [1.807, 2.05) is 0 Å². The monoisotopic (exact) mass is 281 g/mol. The average Bonchev–Trinajstić information content (AvgIpc) is 2.87. The number of pyridine rings is 1. The highest BCUT2D eigenvalue weighted by molar-refractivity contribution is 6.30. The Morgan fingerprint density at radius 3 is 2.95 bits per heavy atom. The summed E-state index contributed by atoms with van der Waals surface area (Å²) in [4.78, 5) is 21.5. The minimum absolute atomic E-state index is 0.0725. The molecule has 0 aliphatic carbocycles. The number of carbonyl (C=O) groups excluding carboxylic acids is 1. The van der Waals surface area contributed by atoms with Crippen molar-refractivity contribution in [3.8, 4) is 6.08 Å². The zero-order valence-electron chi connectivity index (χ0n) is 10.5. The van der Waals surface area contributed by atoms with E-state index in [0.717, 1.165) is 0 Å². The molecular weight excluding hydrogens is 270 g/mol. The number of amides is 1. The lowest BCUT2D eigenvalue weighted by Crippen LogP contribution is -2.27. The first-order valence-electron chi connectivity index (χ1n) is 5.59. The molecular formula is C12H12ClN3O3. The number of ether oxygens (including phenoxy) is 1. The minimum Gasteiger partial charge on any atom is -0.450 e. The molecule has 0 saturated carbocycles. The lowest BCUT2D eigenvalue weighted by molar-refractivity contribution is 0.0987. The second kappa shape index (κ2) is 5.71. The summed E-state index contributed by atoms with van der Waals surface area (Å²) in [5.74, 6) is 0.125. The molecule has 0 saturated heterocycles. The number of oxazole rings is 1. The first-order chi connectivity index (χ1) is 9.11. The zero-order chi connectivity index (χ0) is 13.8. The molecule has 0 aromatic carbocycles. The number of anilines is 1. The first-order valence-corrected chi connectivity index (χ1v) is 5.97.